The first kappa shape index (κ1) is 17.1. The third kappa shape index (κ3) is 3.84. The zero-order chi connectivity index (χ0) is 17.8. The Labute approximate surface area is 146 Å². The number of hydrogen-bond donors (Lipinski definition) is 1. The molecule has 2 heterocycles. The summed E-state index contributed by atoms with van der Waals surface area (Å²) >= 11 is 0. The van der Waals surface area contributed by atoms with Gasteiger partial charge in [-0.05, 0) is 30.2 Å². The number of ether oxygens (including phenoxy) is 1. The Morgan fingerprint density at radius 2 is 2.20 bits per heavy atom. The fourth-order valence-electron chi connectivity index (χ4n) is 2.74. The molecule has 0 fully saturated rings. The summed E-state index contributed by atoms with van der Waals surface area (Å²) < 4.78 is 5.85. The number of carbonyl (C=O) groups is 2. The van der Waals surface area contributed by atoms with Gasteiger partial charge in [-0.15, -0.1) is 0 Å². The van der Waals surface area contributed by atoms with Gasteiger partial charge in [0.2, 0.25) is 5.78 Å². The molecule has 0 radical (unpaired) electrons. The molecule has 0 spiro atoms. The molecule has 2 unspecified atom stereocenters. The Kier molecular flexibility index (Phi) is 5.07. The highest BCUT2D eigenvalue weighted by Gasteiger charge is 2.26. The third-order valence-electron chi connectivity index (χ3n) is 4.43. The normalized spacial score (nSPS) is 16.6. The van der Waals surface area contributed by atoms with Crippen molar-refractivity contribution in [2.45, 2.75) is 32.8 Å². The minimum absolute atomic E-state index is 0.166. The number of nitrogens with one attached hydrogen (secondary N) is 1. The third-order valence-corrected chi connectivity index (χ3v) is 4.43. The van der Waals surface area contributed by atoms with Gasteiger partial charge in [-0.25, -0.2) is 0 Å². The van der Waals surface area contributed by atoms with Crippen molar-refractivity contribution in [2.24, 2.45) is 5.92 Å². The fourth-order valence-corrected chi connectivity index (χ4v) is 2.74. The second kappa shape index (κ2) is 7.42. The van der Waals surface area contributed by atoms with Crippen molar-refractivity contribution in [3.05, 3.63) is 42.4 Å². The first-order valence-electron chi connectivity index (χ1n) is 8.46. The number of carbonyl (C=O) groups excluding carboxylic acids is 2. The van der Waals surface area contributed by atoms with Crippen molar-refractivity contribution in [1.29, 1.82) is 0 Å². The van der Waals surface area contributed by atoms with Gasteiger partial charge < -0.3 is 10.1 Å². The van der Waals surface area contributed by atoms with Crippen molar-refractivity contribution in [2.75, 3.05) is 6.54 Å². The van der Waals surface area contributed by atoms with Gasteiger partial charge in [0.1, 0.15) is 11.9 Å². The van der Waals surface area contributed by atoms with Crippen LogP contribution >= 0.6 is 0 Å². The summed E-state index contributed by atoms with van der Waals surface area (Å²) in [6.07, 6.45) is 6.19. The highest BCUT2D eigenvalue weighted by molar-refractivity contribution is 6.36. The Morgan fingerprint density at radius 1 is 1.36 bits per heavy atom. The van der Waals surface area contributed by atoms with E-state index in [-0.39, 0.29) is 17.8 Å². The van der Waals surface area contributed by atoms with Crippen molar-refractivity contribution >= 4 is 11.7 Å². The molecule has 0 saturated heterocycles. The molecule has 1 N–H and O–H groups in total. The average Bonchev–Trinajstić information content (AvgIpc) is 3.07. The Bertz CT molecular complexity index is 777. The van der Waals surface area contributed by atoms with Gasteiger partial charge in [0.25, 0.3) is 5.91 Å². The van der Waals surface area contributed by atoms with Crippen molar-refractivity contribution < 1.29 is 14.3 Å². The molecule has 130 valence electrons. The Hall–Kier alpha value is -2.76. The molecule has 6 heteroatoms. The van der Waals surface area contributed by atoms with E-state index in [1.54, 1.807) is 25.5 Å². The summed E-state index contributed by atoms with van der Waals surface area (Å²) in [7, 11) is 0. The van der Waals surface area contributed by atoms with Crippen LogP contribution in [-0.4, -0.2) is 34.3 Å². The summed E-state index contributed by atoms with van der Waals surface area (Å²) in [6.45, 7) is 3.97. The maximum Gasteiger partial charge on any atom is 0.287 e. The number of amides is 1. The molecule has 1 aliphatic heterocycles. The summed E-state index contributed by atoms with van der Waals surface area (Å²) in [5, 5.41) is 2.68. The van der Waals surface area contributed by atoms with E-state index < -0.39 is 5.91 Å². The topological polar surface area (TPSA) is 81.2 Å². The van der Waals surface area contributed by atoms with Gasteiger partial charge in [-0.3, -0.25) is 19.6 Å². The fraction of sp³-hybridized carbons (Fsp3) is 0.368. The van der Waals surface area contributed by atoms with Gasteiger partial charge in [0.15, 0.2) is 0 Å². The first-order valence-corrected chi connectivity index (χ1v) is 8.46. The molecule has 3 rings (SSSR count). The van der Waals surface area contributed by atoms with Gasteiger partial charge in [0.05, 0.1) is 18.4 Å². The standard InChI is InChI=1S/C19H21N3O3/c1-3-12(2)18(23)19(24)22-10-15-9-14-8-13(4-5-17(14)25-15)16-11-20-6-7-21-16/h4-8,11-12,15H,3,9-10H2,1-2H3,(H,22,24). The minimum Gasteiger partial charge on any atom is -0.488 e. The number of rotatable bonds is 6. The predicted molar refractivity (Wildman–Crippen MR) is 93.1 cm³/mol. The van der Waals surface area contributed by atoms with Crippen molar-refractivity contribution in [3.8, 4) is 17.0 Å². The van der Waals surface area contributed by atoms with Crippen LogP contribution in [0.1, 0.15) is 25.8 Å². The first-order chi connectivity index (χ1) is 12.1. The van der Waals surface area contributed by atoms with E-state index in [2.05, 4.69) is 15.3 Å². The molecule has 1 aliphatic rings. The lowest BCUT2D eigenvalue weighted by atomic mass is 10.0. The number of hydrogen-bond acceptors (Lipinski definition) is 5. The number of benzene rings is 1. The van der Waals surface area contributed by atoms with E-state index in [0.29, 0.717) is 19.4 Å². The van der Waals surface area contributed by atoms with Crippen LogP contribution in [0.4, 0.5) is 0 Å². The van der Waals surface area contributed by atoms with Gasteiger partial charge in [0, 0.05) is 30.3 Å². The largest absolute Gasteiger partial charge is 0.488 e. The molecule has 0 aliphatic carbocycles. The maximum absolute atomic E-state index is 11.9. The number of Topliss-reactive ketones (excluding diaryl/α,β-unsaturated/α-hetero) is 1. The van der Waals surface area contributed by atoms with E-state index in [9.17, 15) is 9.59 Å². The molecular formula is C19H21N3O3. The highest BCUT2D eigenvalue weighted by Crippen LogP contribution is 2.32. The molecule has 25 heavy (non-hydrogen) atoms. The molecule has 6 nitrogen and oxygen atoms in total. The van der Waals surface area contributed by atoms with Crippen LogP contribution in [0, 0.1) is 5.92 Å². The van der Waals surface area contributed by atoms with E-state index in [4.69, 9.17) is 4.74 Å². The maximum atomic E-state index is 11.9. The molecule has 1 amide bonds. The van der Waals surface area contributed by atoms with Gasteiger partial charge in [-0.2, -0.15) is 0 Å². The van der Waals surface area contributed by atoms with E-state index in [0.717, 1.165) is 22.6 Å². The second-order valence-corrected chi connectivity index (χ2v) is 6.24. The molecule has 0 saturated carbocycles. The summed E-state index contributed by atoms with van der Waals surface area (Å²) in [5.41, 5.74) is 2.85. The summed E-state index contributed by atoms with van der Waals surface area (Å²) in [6, 6.07) is 5.88. The lowest BCUT2D eigenvalue weighted by Gasteiger charge is -2.12. The molecule has 1 aromatic carbocycles. The van der Waals surface area contributed by atoms with Crippen LogP contribution in [0.2, 0.25) is 0 Å². The number of nitrogens with zero attached hydrogens (tertiary/aromatic N) is 2. The predicted octanol–water partition coefficient (Wildman–Crippen LogP) is 2.18. The lowest BCUT2D eigenvalue weighted by molar-refractivity contribution is -0.140. The molecule has 2 aromatic rings. The van der Waals surface area contributed by atoms with Crippen LogP contribution in [-0.2, 0) is 16.0 Å². The lowest BCUT2D eigenvalue weighted by Crippen LogP contribution is -2.40. The highest BCUT2D eigenvalue weighted by atomic mass is 16.5. The van der Waals surface area contributed by atoms with Gasteiger partial charge >= 0.3 is 0 Å². The SMILES string of the molecule is CCC(C)C(=O)C(=O)NCC1Cc2cc(-c3cnccn3)ccc2O1. The summed E-state index contributed by atoms with van der Waals surface area (Å²) in [5.74, 6) is -0.353. The zero-order valence-electron chi connectivity index (χ0n) is 14.4. The van der Waals surface area contributed by atoms with Crippen LogP contribution in [0.3, 0.4) is 0 Å². The second-order valence-electron chi connectivity index (χ2n) is 6.24. The number of aromatic nitrogens is 2. The number of ketones is 1. The summed E-state index contributed by atoms with van der Waals surface area (Å²) in [4.78, 5) is 32.1. The number of fused-ring (bicyclic) bond motifs is 1. The van der Waals surface area contributed by atoms with Crippen LogP contribution in [0.15, 0.2) is 36.8 Å². The van der Waals surface area contributed by atoms with E-state index in [1.807, 2.05) is 25.1 Å². The average molecular weight is 339 g/mol. The molecular weight excluding hydrogens is 318 g/mol. The zero-order valence-corrected chi connectivity index (χ0v) is 14.4. The van der Waals surface area contributed by atoms with Crippen LogP contribution in [0.5, 0.6) is 5.75 Å². The van der Waals surface area contributed by atoms with E-state index >= 15 is 0 Å². The van der Waals surface area contributed by atoms with E-state index in [1.165, 1.54) is 0 Å². The quantitative estimate of drug-likeness (QED) is 0.816. The Morgan fingerprint density at radius 3 is 2.92 bits per heavy atom. The minimum atomic E-state index is -0.533. The monoisotopic (exact) mass is 339 g/mol. The Balaban J connectivity index is 1.60. The smallest absolute Gasteiger partial charge is 0.287 e. The van der Waals surface area contributed by atoms with Gasteiger partial charge in [-0.1, -0.05) is 13.8 Å². The molecule has 2 atom stereocenters. The van der Waals surface area contributed by atoms with Crippen LogP contribution < -0.4 is 10.1 Å². The van der Waals surface area contributed by atoms with Crippen LogP contribution in [0.25, 0.3) is 11.3 Å². The molecule has 0 bridgehead atoms. The van der Waals surface area contributed by atoms with Crippen molar-refractivity contribution in [3.63, 3.8) is 0 Å². The van der Waals surface area contributed by atoms with Crippen molar-refractivity contribution in [1.82, 2.24) is 15.3 Å². The molecule has 1 aromatic heterocycles.